The van der Waals surface area contributed by atoms with Crippen LogP contribution in [0.5, 0.6) is 0 Å². The molecule has 1 aliphatic rings. The molecule has 144 valence electrons. The number of rotatable bonds is 4. The lowest BCUT2D eigenvalue weighted by Gasteiger charge is -2.13. The summed E-state index contributed by atoms with van der Waals surface area (Å²) in [7, 11) is 0. The highest BCUT2D eigenvalue weighted by Crippen LogP contribution is 2.31. The van der Waals surface area contributed by atoms with Gasteiger partial charge >= 0.3 is 0 Å². The predicted molar refractivity (Wildman–Crippen MR) is 108 cm³/mol. The van der Waals surface area contributed by atoms with E-state index in [1.165, 1.54) is 19.8 Å². The summed E-state index contributed by atoms with van der Waals surface area (Å²) in [6.07, 6.45) is 8.17. The Morgan fingerprint density at radius 3 is 2.61 bits per heavy atom. The minimum absolute atomic E-state index is 0.195. The van der Waals surface area contributed by atoms with Crippen LogP contribution in [0.3, 0.4) is 0 Å². The smallest absolute Gasteiger partial charge is 0.257 e. The first-order valence-corrected chi connectivity index (χ1v) is 9.53. The summed E-state index contributed by atoms with van der Waals surface area (Å²) in [4.78, 5) is 33.1. The summed E-state index contributed by atoms with van der Waals surface area (Å²) >= 11 is 0. The van der Waals surface area contributed by atoms with Crippen LogP contribution in [0.2, 0.25) is 0 Å². The molecular formula is C21H23N5O2. The fraction of sp³-hybridized carbons (Fsp3) is 0.333. The van der Waals surface area contributed by atoms with Crippen molar-refractivity contribution in [3.8, 4) is 0 Å². The molecule has 0 atom stereocenters. The van der Waals surface area contributed by atoms with Crippen molar-refractivity contribution in [3.05, 3.63) is 47.9 Å². The van der Waals surface area contributed by atoms with Crippen LogP contribution in [0, 0.1) is 6.92 Å². The molecule has 28 heavy (non-hydrogen) atoms. The topological polar surface area (TPSA) is 88.9 Å². The SMILES string of the molecule is CC(=O)Nc1ccc(C)cc1NC(=O)c1cnc2c(c1)ncn2C1CCCC1. The first-order valence-electron chi connectivity index (χ1n) is 9.53. The summed E-state index contributed by atoms with van der Waals surface area (Å²) in [5.74, 6) is -0.484. The van der Waals surface area contributed by atoms with Gasteiger partial charge in [0.1, 0.15) is 5.52 Å². The number of pyridine rings is 1. The highest BCUT2D eigenvalue weighted by atomic mass is 16.2. The van der Waals surface area contributed by atoms with E-state index in [1.807, 2.05) is 25.4 Å². The quantitative estimate of drug-likeness (QED) is 0.717. The predicted octanol–water partition coefficient (Wildman–Crippen LogP) is 4.07. The van der Waals surface area contributed by atoms with Gasteiger partial charge in [0.2, 0.25) is 5.91 Å². The molecular weight excluding hydrogens is 354 g/mol. The lowest BCUT2D eigenvalue weighted by atomic mass is 10.1. The number of fused-ring (bicyclic) bond motifs is 1. The van der Waals surface area contributed by atoms with Crippen molar-refractivity contribution >= 4 is 34.4 Å². The number of amides is 2. The number of carbonyl (C=O) groups is 2. The molecule has 2 amide bonds. The Balaban J connectivity index is 1.59. The number of imidazole rings is 1. The molecule has 3 aromatic rings. The van der Waals surface area contributed by atoms with Gasteiger partial charge in [0.25, 0.3) is 5.91 Å². The molecule has 1 aliphatic carbocycles. The molecule has 0 unspecified atom stereocenters. The number of hydrogen-bond acceptors (Lipinski definition) is 4. The van der Waals surface area contributed by atoms with Gasteiger partial charge in [0, 0.05) is 19.2 Å². The molecule has 1 saturated carbocycles. The summed E-state index contributed by atoms with van der Waals surface area (Å²) in [5, 5.41) is 5.61. The molecule has 2 aromatic heterocycles. The number of anilines is 2. The van der Waals surface area contributed by atoms with Gasteiger partial charge in [-0.1, -0.05) is 18.9 Å². The number of carbonyl (C=O) groups excluding carboxylic acids is 2. The van der Waals surface area contributed by atoms with E-state index in [0.717, 1.165) is 24.1 Å². The van der Waals surface area contributed by atoms with E-state index >= 15 is 0 Å². The molecule has 0 radical (unpaired) electrons. The van der Waals surface area contributed by atoms with Gasteiger partial charge in [0.15, 0.2) is 5.65 Å². The Morgan fingerprint density at radius 1 is 1.07 bits per heavy atom. The number of aryl methyl sites for hydroxylation is 1. The van der Waals surface area contributed by atoms with Crippen molar-refractivity contribution in [1.29, 1.82) is 0 Å². The summed E-state index contributed by atoms with van der Waals surface area (Å²) in [6, 6.07) is 7.69. The second kappa shape index (κ2) is 7.42. The minimum Gasteiger partial charge on any atom is -0.325 e. The zero-order chi connectivity index (χ0) is 19.7. The first kappa shape index (κ1) is 18.2. The summed E-state index contributed by atoms with van der Waals surface area (Å²) in [6.45, 7) is 3.36. The van der Waals surface area contributed by atoms with Crippen molar-refractivity contribution in [2.45, 2.75) is 45.6 Å². The van der Waals surface area contributed by atoms with Gasteiger partial charge in [-0.25, -0.2) is 9.97 Å². The van der Waals surface area contributed by atoms with Crippen molar-refractivity contribution in [1.82, 2.24) is 14.5 Å². The molecule has 1 aromatic carbocycles. The number of nitrogens with one attached hydrogen (secondary N) is 2. The summed E-state index contributed by atoms with van der Waals surface area (Å²) < 4.78 is 2.12. The molecule has 2 N–H and O–H groups in total. The fourth-order valence-electron chi connectivity index (χ4n) is 3.75. The Bertz CT molecular complexity index is 1050. The van der Waals surface area contributed by atoms with E-state index < -0.39 is 0 Å². The molecule has 1 fully saturated rings. The summed E-state index contributed by atoms with van der Waals surface area (Å²) in [5.41, 5.74) is 4.05. The molecule has 0 saturated heterocycles. The average molecular weight is 377 g/mol. The molecule has 7 heteroatoms. The number of nitrogens with zero attached hydrogens (tertiary/aromatic N) is 3. The molecule has 0 spiro atoms. The third-order valence-electron chi connectivity index (χ3n) is 5.13. The van der Waals surface area contributed by atoms with Crippen LogP contribution in [0.15, 0.2) is 36.8 Å². The van der Waals surface area contributed by atoms with Gasteiger partial charge in [-0.05, 0) is 43.5 Å². The van der Waals surface area contributed by atoms with E-state index in [0.29, 0.717) is 28.5 Å². The highest BCUT2D eigenvalue weighted by Gasteiger charge is 2.20. The van der Waals surface area contributed by atoms with Crippen LogP contribution in [-0.4, -0.2) is 26.3 Å². The van der Waals surface area contributed by atoms with E-state index in [2.05, 4.69) is 25.2 Å². The molecule has 4 rings (SSSR count). The largest absolute Gasteiger partial charge is 0.325 e. The third-order valence-corrected chi connectivity index (χ3v) is 5.13. The number of benzene rings is 1. The lowest BCUT2D eigenvalue weighted by molar-refractivity contribution is -0.114. The van der Waals surface area contributed by atoms with E-state index in [9.17, 15) is 9.59 Å². The van der Waals surface area contributed by atoms with Gasteiger partial charge in [0.05, 0.1) is 23.3 Å². The van der Waals surface area contributed by atoms with Gasteiger partial charge in [-0.15, -0.1) is 0 Å². The third kappa shape index (κ3) is 3.60. The Labute approximate surface area is 163 Å². The minimum atomic E-state index is -0.290. The van der Waals surface area contributed by atoms with Crippen LogP contribution in [-0.2, 0) is 4.79 Å². The van der Waals surface area contributed by atoms with Crippen LogP contribution in [0.4, 0.5) is 11.4 Å². The van der Waals surface area contributed by atoms with Crippen molar-refractivity contribution < 1.29 is 9.59 Å². The van der Waals surface area contributed by atoms with Crippen LogP contribution in [0.1, 0.15) is 54.6 Å². The van der Waals surface area contributed by atoms with E-state index in [-0.39, 0.29) is 11.8 Å². The van der Waals surface area contributed by atoms with Crippen LogP contribution >= 0.6 is 0 Å². The zero-order valence-electron chi connectivity index (χ0n) is 16.0. The van der Waals surface area contributed by atoms with Gasteiger partial charge in [-0.2, -0.15) is 0 Å². The standard InChI is InChI=1S/C21H23N5O2/c1-13-7-8-17(24-14(2)27)18(9-13)25-21(28)15-10-19-20(22-11-15)26(12-23-19)16-5-3-4-6-16/h7-12,16H,3-6H2,1-2H3,(H,24,27)(H,25,28). The maximum Gasteiger partial charge on any atom is 0.257 e. The van der Waals surface area contributed by atoms with E-state index in [4.69, 9.17) is 0 Å². The molecule has 7 nitrogen and oxygen atoms in total. The van der Waals surface area contributed by atoms with E-state index in [1.54, 1.807) is 18.3 Å². The molecule has 0 aliphatic heterocycles. The van der Waals surface area contributed by atoms with Gasteiger partial charge in [-0.3, -0.25) is 9.59 Å². The zero-order valence-corrected chi connectivity index (χ0v) is 16.0. The Kier molecular flexibility index (Phi) is 4.81. The number of aromatic nitrogens is 3. The normalized spacial score (nSPS) is 14.4. The monoisotopic (exact) mass is 377 g/mol. The average Bonchev–Trinajstić information content (AvgIpc) is 3.32. The molecule has 2 heterocycles. The lowest BCUT2D eigenvalue weighted by Crippen LogP contribution is -2.15. The maximum atomic E-state index is 12.8. The number of hydrogen-bond donors (Lipinski definition) is 2. The second-order valence-corrected chi connectivity index (χ2v) is 7.34. The Morgan fingerprint density at radius 2 is 1.86 bits per heavy atom. The fourth-order valence-corrected chi connectivity index (χ4v) is 3.75. The highest BCUT2D eigenvalue weighted by molar-refractivity contribution is 6.08. The van der Waals surface area contributed by atoms with Crippen molar-refractivity contribution in [2.24, 2.45) is 0 Å². The van der Waals surface area contributed by atoms with Crippen LogP contribution < -0.4 is 10.6 Å². The van der Waals surface area contributed by atoms with Crippen LogP contribution in [0.25, 0.3) is 11.2 Å². The molecule has 0 bridgehead atoms. The van der Waals surface area contributed by atoms with Crippen molar-refractivity contribution in [2.75, 3.05) is 10.6 Å². The second-order valence-electron chi connectivity index (χ2n) is 7.34. The van der Waals surface area contributed by atoms with Gasteiger partial charge < -0.3 is 15.2 Å². The van der Waals surface area contributed by atoms with Crippen molar-refractivity contribution in [3.63, 3.8) is 0 Å². The first-order chi connectivity index (χ1) is 13.5. The maximum absolute atomic E-state index is 12.8. The Hall–Kier alpha value is -3.22.